The first-order valence-corrected chi connectivity index (χ1v) is 15.9. The fourth-order valence-electron chi connectivity index (χ4n) is 5.36. The summed E-state index contributed by atoms with van der Waals surface area (Å²) < 4.78 is 11.0. The van der Waals surface area contributed by atoms with Gasteiger partial charge >= 0.3 is 5.97 Å². The summed E-state index contributed by atoms with van der Waals surface area (Å²) in [5.41, 5.74) is 4.23. The van der Waals surface area contributed by atoms with Crippen LogP contribution in [0.3, 0.4) is 0 Å². The second kappa shape index (κ2) is 13.4. The van der Waals surface area contributed by atoms with E-state index < -0.39 is 11.9 Å². The van der Waals surface area contributed by atoms with Crippen LogP contribution < -0.4 is 16.0 Å². The van der Waals surface area contributed by atoms with Crippen molar-refractivity contribution in [2.75, 3.05) is 23.0 Å². The lowest BCUT2D eigenvalue weighted by Gasteiger charge is -2.28. The van der Waals surface area contributed by atoms with Crippen LogP contribution in [-0.4, -0.2) is 30.1 Å². The van der Waals surface area contributed by atoms with E-state index in [4.69, 9.17) is 9.15 Å². The summed E-state index contributed by atoms with van der Waals surface area (Å²) in [4.78, 5) is 40.7. The number of benzene rings is 1. The van der Waals surface area contributed by atoms with Gasteiger partial charge in [-0.15, -0.1) is 11.3 Å². The van der Waals surface area contributed by atoms with Crippen LogP contribution in [0.1, 0.15) is 64.7 Å². The molecule has 5 rings (SSSR count). The van der Waals surface area contributed by atoms with Crippen molar-refractivity contribution < 1.29 is 23.5 Å². The number of amides is 2. The Hall–Kier alpha value is -4.27. The molecule has 11 heteroatoms. The molecule has 2 amide bonds. The number of allylic oxidation sites excluding steroid dienone is 2. The second-order valence-corrected chi connectivity index (χ2v) is 12.4. The molecule has 1 atom stereocenters. The van der Waals surface area contributed by atoms with Gasteiger partial charge in [-0.2, -0.15) is 5.26 Å². The smallest absolute Gasteiger partial charge is 0.341 e. The van der Waals surface area contributed by atoms with Gasteiger partial charge in [-0.3, -0.25) is 9.59 Å². The molecule has 1 unspecified atom stereocenters. The van der Waals surface area contributed by atoms with Crippen LogP contribution in [0, 0.1) is 18.3 Å². The maximum absolute atomic E-state index is 13.6. The molecular weight excluding hydrogens is 585 g/mol. The van der Waals surface area contributed by atoms with E-state index in [-0.39, 0.29) is 29.7 Å². The molecular formula is C32H32N4O5S2. The molecule has 1 aliphatic carbocycles. The molecule has 9 nitrogen and oxygen atoms in total. The van der Waals surface area contributed by atoms with Gasteiger partial charge in [0.1, 0.15) is 10.8 Å². The normalized spacial score (nSPS) is 16.2. The SMILES string of the molecule is CCOC(=O)c1c(NC(=O)CSC2=C(C#N)C(c3ccco3)C(C(=O)Nc3cccc(C)c3)=C(C)N2)sc2c1CCCC2. The minimum atomic E-state index is -0.768. The molecule has 1 aromatic carbocycles. The molecule has 43 heavy (non-hydrogen) atoms. The lowest BCUT2D eigenvalue weighted by molar-refractivity contribution is -0.114. The number of hydrogen-bond donors (Lipinski definition) is 3. The molecule has 0 spiro atoms. The number of thiophene rings is 1. The highest BCUT2D eigenvalue weighted by Gasteiger charge is 2.37. The van der Waals surface area contributed by atoms with Crippen molar-refractivity contribution in [1.29, 1.82) is 5.26 Å². The van der Waals surface area contributed by atoms with Crippen LogP contribution in [0.2, 0.25) is 0 Å². The zero-order valence-electron chi connectivity index (χ0n) is 24.2. The molecule has 3 heterocycles. The minimum absolute atomic E-state index is 0.0265. The number of hydrogen-bond acceptors (Lipinski definition) is 9. The number of rotatable bonds is 9. The van der Waals surface area contributed by atoms with Gasteiger partial charge in [0, 0.05) is 16.3 Å². The molecule has 0 saturated heterocycles. The third kappa shape index (κ3) is 6.55. The number of carbonyl (C=O) groups is 3. The summed E-state index contributed by atoms with van der Waals surface area (Å²) >= 11 is 2.58. The molecule has 222 valence electrons. The molecule has 1 aliphatic heterocycles. The summed E-state index contributed by atoms with van der Waals surface area (Å²) in [6, 6.07) is 13.1. The quantitative estimate of drug-likeness (QED) is 0.235. The largest absolute Gasteiger partial charge is 0.468 e. The summed E-state index contributed by atoms with van der Waals surface area (Å²) in [6.07, 6.45) is 5.19. The number of anilines is 2. The predicted octanol–water partition coefficient (Wildman–Crippen LogP) is 6.41. The van der Waals surface area contributed by atoms with Gasteiger partial charge in [0.25, 0.3) is 5.91 Å². The first kappa shape index (κ1) is 30.2. The lowest BCUT2D eigenvalue weighted by atomic mass is 9.85. The van der Waals surface area contributed by atoms with Crippen LogP contribution in [0.15, 0.2) is 69.0 Å². The Kier molecular flexibility index (Phi) is 9.38. The fourth-order valence-corrected chi connectivity index (χ4v) is 7.55. The van der Waals surface area contributed by atoms with E-state index in [0.717, 1.165) is 53.4 Å². The zero-order chi connectivity index (χ0) is 30.5. The molecule has 3 aromatic rings. The molecule has 0 bridgehead atoms. The number of dihydropyridines is 1. The topological polar surface area (TPSA) is 133 Å². The van der Waals surface area contributed by atoms with Gasteiger partial charge in [0.15, 0.2) is 0 Å². The zero-order valence-corrected chi connectivity index (χ0v) is 25.8. The number of carbonyl (C=O) groups excluding carboxylic acids is 3. The maximum Gasteiger partial charge on any atom is 0.341 e. The number of furan rings is 1. The second-order valence-electron chi connectivity index (χ2n) is 10.3. The van der Waals surface area contributed by atoms with Crippen LogP contribution in [0.5, 0.6) is 0 Å². The molecule has 0 saturated carbocycles. The molecule has 2 aromatic heterocycles. The van der Waals surface area contributed by atoms with Crippen molar-refractivity contribution in [1.82, 2.24) is 5.32 Å². The molecule has 2 aliphatic rings. The Morgan fingerprint density at radius 3 is 2.70 bits per heavy atom. The Balaban J connectivity index is 1.37. The monoisotopic (exact) mass is 616 g/mol. The Morgan fingerprint density at radius 1 is 1.16 bits per heavy atom. The molecule has 0 fully saturated rings. The number of aryl methyl sites for hydroxylation is 2. The number of nitrogens with zero attached hydrogens (tertiary/aromatic N) is 1. The Bertz CT molecular complexity index is 1660. The highest BCUT2D eigenvalue weighted by molar-refractivity contribution is 8.03. The van der Waals surface area contributed by atoms with Crippen LogP contribution in [-0.2, 0) is 27.2 Å². The van der Waals surface area contributed by atoms with Crippen molar-refractivity contribution >= 4 is 51.6 Å². The highest BCUT2D eigenvalue weighted by atomic mass is 32.2. The predicted molar refractivity (Wildman–Crippen MR) is 168 cm³/mol. The number of nitrogens with one attached hydrogen (secondary N) is 3. The van der Waals surface area contributed by atoms with E-state index in [9.17, 15) is 19.6 Å². The maximum atomic E-state index is 13.6. The molecule has 3 N–H and O–H groups in total. The van der Waals surface area contributed by atoms with E-state index >= 15 is 0 Å². The first-order valence-electron chi connectivity index (χ1n) is 14.1. The van der Waals surface area contributed by atoms with Gasteiger partial charge < -0.3 is 25.1 Å². The van der Waals surface area contributed by atoms with Crippen LogP contribution >= 0.6 is 23.1 Å². The number of thioether (sulfide) groups is 1. The van der Waals surface area contributed by atoms with Crippen LogP contribution in [0.25, 0.3) is 0 Å². The standard InChI is InChI=1S/C32H32N4O5S2/c1-4-40-32(39)28-21-11-5-6-13-24(21)43-31(28)36-25(37)17-42-30-22(16-33)27(23-12-8-14-41-23)26(19(3)34-30)29(38)35-20-10-7-9-18(2)15-20/h7-10,12,14-15,27,34H,4-6,11,13,17H2,1-3H3,(H,35,38)(H,36,37). The van der Waals surface area contributed by atoms with Gasteiger partial charge in [-0.25, -0.2) is 4.79 Å². The summed E-state index contributed by atoms with van der Waals surface area (Å²) in [5, 5.41) is 20.3. The summed E-state index contributed by atoms with van der Waals surface area (Å²) in [6.45, 7) is 5.71. The van der Waals surface area contributed by atoms with E-state index in [2.05, 4.69) is 22.0 Å². The molecule has 0 radical (unpaired) electrons. The minimum Gasteiger partial charge on any atom is -0.468 e. The Morgan fingerprint density at radius 2 is 1.98 bits per heavy atom. The van der Waals surface area contributed by atoms with E-state index in [0.29, 0.717) is 38.3 Å². The number of fused-ring (bicyclic) bond motifs is 1. The van der Waals surface area contributed by atoms with Crippen molar-refractivity contribution in [3.63, 3.8) is 0 Å². The van der Waals surface area contributed by atoms with Gasteiger partial charge in [-0.05, 0) is 81.8 Å². The van der Waals surface area contributed by atoms with Crippen molar-refractivity contribution in [2.24, 2.45) is 0 Å². The van der Waals surface area contributed by atoms with E-state index in [1.807, 2.05) is 25.1 Å². The third-order valence-corrected chi connectivity index (χ3v) is 9.47. The number of nitriles is 1. The third-order valence-electron chi connectivity index (χ3n) is 7.25. The van der Waals surface area contributed by atoms with Crippen LogP contribution in [0.4, 0.5) is 10.7 Å². The van der Waals surface area contributed by atoms with Crippen molar-refractivity contribution in [3.8, 4) is 6.07 Å². The fraction of sp³-hybridized carbons (Fsp3) is 0.312. The van der Waals surface area contributed by atoms with Crippen molar-refractivity contribution in [2.45, 2.75) is 52.4 Å². The first-order chi connectivity index (χ1) is 20.8. The Labute approximate surface area is 258 Å². The highest BCUT2D eigenvalue weighted by Crippen LogP contribution is 2.42. The van der Waals surface area contributed by atoms with E-state index in [1.54, 1.807) is 32.0 Å². The lowest BCUT2D eigenvalue weighted by Crippen LogP contribution is -2.31. The summed E-state index contributed by atoms with van der Waals surface area (Å²) in [7, 11) is 0. The summed E-state index contributed by atoms with van der Waals surface area (Å²) in [5.74, 6) is -1.46. The van der Waals surface area contributed by atoms with Crippen molar-refractivity contribution in [3.05, 3.63) is 91.9 Å². The van der Waals surface area contributed by atoms with Gasteiger partial charge in [-0.1, -0.05) is 23.9 Å². The number of esters is 1. The van der Waals surface area contributed by atoms with E-state index in [1.165, 1.54) is 17.6 Å². The van der Waals surface area contributed by atoms with Gasteiger partial charge in [0.2, 0.25) is 5.91 Å². The van der Waals surface area contributed by atoms with Gasteiger partial charge in [0.05, 0.1) is 52.3 Å². The number of ether oxygens (including phenoxy) is 1. The average molecular weight is 617 g/mol. The average Bonchev–Trinajstić information content (AvgIpc) is 3.64.